The molecule has 1 aliphatic rings. The monoisotopic (exact) mass is 218 g/mol. The zero-order chi connectivity index (χ0) is 11.5. The summed E-state index contributed by atoms with van der Waals surface area (Å²) in [6, 6.07) is 6.77. The van der Waals surface area contributed by atoms with Gasteiger partial charge in [-0.3, -0.25) is 0 Å². The molecule has 1 fully saturated rings. The molecule has 0 aliphatic heterocycles. The summed E-state index contributed by atoms with van der Waals surface area (Å²) in [6.45, 7) is 4.34. The molecule has 0 saturated heterocycles. The Kier molecular flexibility index (Phi) is 3.37. The fourth-order valence-electron chi connectivity index (χ4n) is 2.63. The van der Waals surface area contributed by atoms with Gasteiger partial charge >= 0.3 is 0 Å². The predicted octanol–water partition coefficient (Wildman–Crippen LogP) is 3.57. The molecule has 0 spiro atoms. The smallest absolute Gasteiger partial charge is 0.0576 e. The zero-order valence-corrected chi connectivity index (χ0v) is 10.3. The molecule has 88 valence electrons. The molecule has 0 heterocycles. The summed E-state index contributed by atoms with van der Waals surface area (Å²) >= 11 is 0. The van der Waals surface area contributed by atoms with Crippen LogP contribution >= 0.6 is 0 Å². The molecule has 0 radical (unpaired) electrons. The van der Waals surface area contributed by atoms with Crippen molar-refractivity contribution in [3.8, 4) is 0 Å². The Hall–Kier alpha value is -1.18. The van der Waals surface area contributed by atoms with Gasteiger partial charge in [-0.15, -0.1) is 0 Å². The van der Waals surface area contributed by atoms with Crippen LogP contribution in [-0.2, 0) is 0 Å². The Labute approximate surface area is 98.2 Å². The van der Waals surface area contributed by atoms with Gasteiger partial charge < -0.3 is 11.1 Å². The van der Waals surface area contributed by atoms with Gasteiger partial charge in [0.1, 0.15) is 0 Å². The van der Waals surface area contributed by atoms with E-state index in [2.05, 4.69) is 31.3 Å². The molecular formula is C14H22N2. The maximum atomic E-state index is 6.01. The Morgan fingerprint density at radius 3 is 2.62 bits per heavy atom. The lowest BCUT2D eigenvalue weighted by Crippen LogP contribution is -2.24. The number of nitrogens with one attached hydrogen (secondary N) is 1. The van der Waals surface area contributed by atoms with Gasteiger partial charge in [-0.25, -0.2) is 0 Å². The molecule has 3 N–H and O–H groups in total. The number of nitrogens with two attached hydrogens (primary N) is 1. The van der Waals surface area contributed by atoms with Crippen molar-refractivity contribution >= 4 is 11.4 Å². The summed E-state index contributed by atoms with van der Waals surface area (Å²) < 4.78 is 0. The average molecular weight is 218 g/mol. The molecule has 0 bridgehead atoms. The zero-order valence-electron chi connectivity index (χ0n) is 10.3. The maximum Gasteiger partial charge on any atom is 0.0576 e. The van der Waals surface area contributed by atoms with E-state index < -0.39 is 0 Å². The van der Waals surface area contributed by atoms with Crippen LogP contribution in [0.4, 0.5) is 11.4 Å². The van der Waals surface area contributed by atoms with Crippen LogP contribution in [0.15, 0.2) is 18.2 Å². The first kappa shape index (κ1) is 11.3. The van der Waals surface area contributed by atoms with Gasteiger partial charge in [0.2, 0.25) is 0 Å². The molecular weight excluding hydrogens is 196 g/mol. The average Bonchev–Trinajstić information content (AvgIpc) is 2.75. The lowest BCUT2D eigenvalue weighted by atomic mass is 9.99. The van der Waals surface area contributed by atoms with Gasteiger partial charge in [0.25, 0.3) is 0 Å². The molecule has 1 unspecified atom stereocenters. The summed E-state index contributed by atoms with van der Waals surface area (Å²) in [5, 5.41) is 3.55. The molecule has 2 heteroatoms. The Balaban J connectivity index is 2.02. The molecule has 1 aromatic carbocycles. The highest BCUT2D eigenvalue weighted by molar-refractivity contribution is 5.67. The van der Waals surface area contributed by atoms with E-state index in [0.29, 0.717) is 6.04 Å². The second-order valence-electron chi connectivity index (χ2n) is 5.07. The van der Waals surface area contributed by atoms with Gasteiger partial charge in [-0.05, 0) is 50.3 Å². The van der Waals surface area contributed by atoms with Crippen LogP contribution < -0.4 is 11.1 Å². The molecule has 1 saturated carbocycles. The minimum Gasteiger partial charge on any atom is -0.397 e. The molecule has 1 atom stereocenters. The Morgan fingerprint density at radius 2 is 2.00 bits per heavy atom. The maximum absolute atomic E-state index is 6.01. The normalized spacial score (nSPS) is 18.6. The highest BCUT2D eigenvalue weighted by Crippen LogP contribution is 2.30. The minimum atomic E-state index is 0.535. The lowest BCUT2D eigenvalue weighted by Gasteiger charge is -2.22. The molecule has 0 amide bonds. The van der Waals surface area contributed by atoms with E-state index in [1.54, 1.807) is 0 Å². The number of anilines is 2. The van der Waals surface area contributed by atoms with Crippen molar-refractivity contribution in [2.24, 2.45) is 5.92 Å². The predicted molar refractivity (Wildman–Crippen MR) is 70.6 cm³/mol. The first-order valence-electron chi connectivity index (χ1n) is 6.29. The topological polar surface area (TPSA) is 38.0 Å². The van der Waals surface area contributed by atoms with Crippen molar-refractivity contribution in [3.63, 3.8) is 0 Å². The molecule has 2 rings (SSSR count). The summed E-state index contributed by atoms with van der Waals surface area (Å²) in [5.74, 6) is 0.820. The van der Waals surface area contributed by atoms with E-state index in [4.69, 9.17) is 5.73 Å². The number of rotatable bonds is 3. The standard InChI is InChI=1S/C14H22N2/c1-10-7-8-14(13(15)9-10)16-11(2)12-5-3-4-6-12/h7-9,11-12,16H,3-6,15H2,1-2H3. The van der Waals surface area contributed by atoms with Gasteiger partial charge in [0.15, 0.2) is 0 Å². The second-order valence-corrected chi connectivity index (χ2v) is 5.07. The lowest BCUT2D eigenvalue weighted by molar-refractivity contribution is 0.482. The third-order valence-corrected chi connectivity index (χ3v) is 3.70. The van der Waals surface area contributed by atoms with E-state index >= 15 is 0 Å². The Bertz CT molecular complexity index is 354. The van der Waals surface area contributed by atoms with E-state index in [0.717, 1.165) is 17.3 Å². The number of aryl methyl sites for hydroxylation is 1. The van der Waals surface area contributed by atoms with Crippen molar-refractivity contribution in [1.29, 1.82) is 0 Å². The number of hydrogen-bond acceptors (Lipinski definition) is 2. The second kappa shape index (κ2) is 4.77. The highest BCUT2D eigenvalue weighted by Gasteiger charge is 2.21. The third-order valence-electron chi connectivity index (χ3n) is 3.70. The molecule has 0 aromatic heterocycles. The minimum absolute atomic E-state index is 0.535. The van der Waals surface area contributed by atoms with E-state index in [1.165, 1.54) is 31.2 Å². The summed E-state index contributed by atoms with van der Waals surface area (Å²) in [7, 11) is 0. The SMILES string of the molecule is Cc1ccc(NC(C)C2CCCC2)c(N)c1. The summed E-state index contributed by atoms with van der Waals surface area (Å²) in [5.41, 5.74) is 9.18. The van der Waals surface area contributed by atoms with Crippen LogP contribution in [0.5, 0.6) is 0 Å². The third kappa shape index (κ3) is 2.49. The van der Waals surface area contributed by atoms with E-state index in [9.17, 15) is 0 Å². The number of benzene rings is 1. The van der Waals surface area contributed by atoms with Crippen LogP contribution in [0, 0.1) is 12.8 Å². The van der Waals surface area contributed by atoms with Crippen molar-refractivity contribution in [1.82, 2.24) is 0 Å². The van der Waals surface area contributed by atoms with Crippen LogP contribution in [0.2, 0.25) is 0 Å². The largest absolute Gasteiger partial charge is 0.397 e. The van der Waals surface area contributed by atoms with Gasteiger partial charge in [-0.1, -0.05) is 18.9 Å². The number of hydrogen-bond donors (Lipinski definition) is 2. The van der Waals surface area contributed by atoms with Crippen LogP contribution in [0.1, 0.15) is 38.2 Å². The Morgan fingerprint density at radius 1 is 1.31 bits per heavy atom. The van der Waals surface area contributed by atoms with Crippen molar-refractivity contribution in [2.75, 3.05) is 11.1 Å². The fourth-order valence-corrected chi connectivity index (χ4v) is 2.63. The summed E-state index contributed by atoms with van der Waals surface area (Å²) in [4.78, 5) is 0. The van der Waals surface area contributed by atoms with Crippen LogP contribution in [0.25, 0.3) is 0 Å². The van der Waals surface area contributed by atoms with Crippen LogP contribution in [0.3, 0.4) is 0 Å². The quantitative estimate of drug-likeness (QED) is 0.761. The van der Waals surface area contributed by atoms with Gasteiger partial charge in [0, 0.05) is 6.04 Å². The van der Waals surface area contributed by atoms with E-state index in [-0.39, 0.29) is 0 Å². The van der Waals surface area contributed by atoms with Crippen molar-refractivity contribution in [2.45, 2.75) is 45.6 Å². The van der Waals surface area contributed by atoms with Gasteiger partial charge in [0.05, 0.1) is 11.4 Å². The molecule has 2 nitrogen and oxygen atoms in total. The highest BCUT2D eigenvalue weighted by atomic mass is 14.9. The van der Waals surface area contributed by atoms with Crippen LogP contribution in [-0.4, -0.2) is 6.04 Å². The van der Waals surface area contributed by atoms with Crippen molar-refractivity contribution < 1.29 is 0 Å². The van der Waals surface area contributed by atoms with Crippen molar-refractivity contribution in [3.05, 3.63) is 23.8 Å². The van der Waals surface area contributed by atoms with Gasteiger partial charge in [-0.2, -0.15) is 0 Å². The molecule has 16 heavy (non-hydrogen) atoms. The summed E-state index contributed by atoms with van der Waals surface area (Å²) in [6.07, 6.45) is 5.50. The molecule has 1 aromatic rings. The number of nitrogen functional groups attached to an aromatic ring is 1. The first-order chi connectivity index (χ1) is 7.66. The molecule has 1 aliphatic carbocycles. The first-order valence-corrected chi connectivity index (χ1v) is 6.29. The fraction of sp³-hybridized carbons (Fsp3) is 0.571. The van der Waals surface area contributed by atoms with E-state index in [1.807, 2.05) is 6.07 Å².